The van der Waals surface area contributed by atoms with E-state index in [2.05, 4.69) is 4.98 Å². The fourth-order valence-electron chi connectivity index (χ4n) is 2.53. The molecule has 19 heavy (non-hydrogen) atoms. The molecule has 0 saturated heterocycles. The predicted molar refractivity (Wildman–Crippen MR) is 77.3 cm³/mol. The third-order valence-electron chi connectivity index (χ3n) is 3.47. The normalized spacial score (nSPS) is 10.8. The summed E-state index contributed by atoms with van der Waals surface area (Å²) in [7, 11) is 0. The summed E-state index contributed by atoms with van der Waals surface area (Å²) < 4.78 is 0. The summed E-state index contributed by atoms with van der Waals surface area (Å²) in [5.74, 6) is 0.0221. The van der Waals surface area contributed by atoms with Gasteiger partial charge in [0, 0.05) is 5.39 Å². The molecule has 0 aliphatic heterocycles. The van der Waals surface area contributed by atoms with Crippen molar-refractivity contribution >= 4 is 27.2 Å². The van der Waals surface area contributed by atoms with Crippen LogP contribution in [0.5, 0.6) is 5.75 Å². The molecule has 0 aromatic heterocycles. The number of phenols is 1. The zero-order valence-electron chi connectivity index (χ0n) is 10.8. The van der Waals surface area contributed by atoms with Gasteiger partial charge in [-0.05, 0) is 30.7 Å². The van der Waals surface area contributed by atoms with Crippen molar-refractivity contribution in [1.82, 2.24) is 0 Å². The van der Waals surface area contributed by atoms with Crippen LogP contribution in [-0.2, 0) is 0 Å². The van der Waals surface area contributed by atoms with Crippen LogP contribution in [-0.4, -0.2) is 5.11 Å². The number of fused-ring (bicyclic) bond motifs is 3. The zero-order chi connectivity index (χ0) is 13.6. The van der Waals surface area contributed by atoms with Gasteiger partial charge in [0.1, 0.15) is 0 Å². The highest BCUT2D eigenvalue weighted by Gasteiger charge is 2.22. The van der Waals surface area contributed by atoms with Crippen molar-refractivity contribution in [2.24, 2.45) is 0 Å². The summed E-state index contributed by atoms with van der Waals surface area (Å²) in [6, 6.07) is 11.7. The van der Waals surface area contributed by atoms with E-state index in [9.17, 15) is 5.11 Å². The SMILES string of the molecule is Cc1ccc2c(O)c([N+]#N)c3ccc(C)cc3c2c1. The Balaban J connectivity index is 2.67. The van der Waals surface area contributed by atoms with E-state index < -0.39 is 0 Å². The second-order valence-electron chi connectivity index (χ2n) is 4.90. The fraction of sp³-hybridized carbons (Fsp3) is 0.125. The average molecular weight is 249 g/mol. The minimum Gasteiger partial charge on any atom is -0.501 e. The molecule has 1 N–H and O–H groups in total. The van der Waals surface area contributed by atoms with Crippen molar-refractivity contribution in [3.8, 4) is 5.75 Å². The molecule has 0 radical (unpaired) electrons. The molecule has 0 amide bonds. The molecule has 3 rings (SSSR count). The highest BCUT2D eigenvalue weighted by Crippen LogP contribution is 2.43. The van der Waals surface area contributed by atoms with Gasteiger partial charge in [-0.2, -0.15) is 0 Å². The van der Waals surface area contributed by atoms with E-state index in [-0.39, 0.29) is 11.4 Å². The molecule has 3 aromatic carbocycles. The summed E-state index contributed by atoms with van der Waals surface area (Å²) in [5, 5.41) is 22.8. The summed E-state index contributed by atoms with van der Waals surface area (Å²) >= 11 is 0. The number of nitrogens with zero attached hydrogens (tertiary/aromatic N) is 2. The topological polar surface area (TPSA) is 48.4 Å². The fourth-order valence-corrected chi connectivity index (χ4v) is 2.53. The standard InChI is InChI=1S/C16H12N2O/c1-9-3-5-11-13(7-9)14-8-10(2)4-6-12(14)16(19)15(11)18-17/h3-8H,1-2H3/p+1. The highest BCUT2D eigenvalue weighted by atomic mass is 16.3. The molecule has 3 heteroatoms. The second kappa shape index (κ2) is 3.96. The van der Waals surface area contributed by atoms with Gasteiger partial charge in [0.25, 0.3) is 0 Å². The summed E-state index contributed by atoms with van der Waals surface area (Å²) in [6.07, 6.45) is 0. The Bertz CT molecular complexity index is 860. The van der Waals surface area contributed by atoms with Gasteiger partial charge >= 0.3 is 5.69 Å². The first-order valence-corrected chi connectivity index (χ1v) is 6.12. The summed E-state index contributed by atoms with van der Waals surface area (Å²) in [6.45, 7) is 4.03. The minimum absolute atomic E-state index is 0.0221. The van der Waals surface area contributed by atoms with Crippen molar-refractivity contribution in [2.75, 3.05) is 0 Å². The van der Waals surface area contributed by atoms with Crippen molar-refractivity contribution in [1.29, 1.82) is 5.39 Å². The number of benzene rings is 3. The van der Waals surface area contributed by atoms with E-state index in [1.54, 1.807) is 0 Å². The molecule has 92 valence electrons. The molecule has 0 spiro atoms. The van der Waals surface area contributed by atoms with Crippen LogP contribution in [0.3, 0.4) is 0 Å². The van der Waals surface area contributed by atoms with E-state index in [0.29, 0.717) is 5.39 Å². The third-order valence-corrected chi connectivity index (χ3v) is 3.47. The average Bonchev–Trinajstić information content (AvgIpc) is 2.40. The number of hydrogen-bond donors (Lipinski definition) is 1. The Labute approximate surface area is 110 Å². The molecular weight excluding hydrogens is 236 g/mol. The van der Waals surface area contributed by atoms with Crippen LogP contribution >= 0.6 is 0 Å². The van der Waals surface area contributed by atoms with Crippen molar-refractivity contribution < 1.29 is 5.11 Å². The Morgan fingerprint density at radius 3 is 1.95 bits per heavy atom. The first kappa shape index (κ1) is 11.5. The Morgan fingerprint density at radius 1 is 0.842 bits per heavy atom. The Morgan fingerprint density at radius 2 is 1.37 bits per heavy atom. The van der Waals surface area contributed by atoms with Crippen molar-refractivity contribution in [3.05, 3.63) is 52.5 Å². The van der Waals surface area contributed by atoms with Crippen LogP contribution in [0.1, 0.15) is 11.1 Å². The molecule has 0 aliphatic carbocycles. The molecule has 0 unspecified atom stereocenters. The van der Waals surface area contributed by atoms with E-state index in [0.717, 1.165) is 27.3 Å². The zero-order valence-corrected chi connectivity index (χ0v) is 10.8. The van der Waals surface area contributed by atoms with Crippen molar-refractivity contribution in [2.45, 2.75) is 13.8 Å². The van der Waals surface area contributed by atoms with Crippen LogP contribution in [0.25, 0.3) is 26.5 Å². The molecule has 3 nitrogen and oxygen atoms in total. The second-order valence-corrected chi connectivity index (χ2v) is 4.90. The van der Waals surface area contributed by atoms with Crippen molar-refractivity contribution in [3.63, 3.8) is 0 Å². The van der Waals surface area contributed by atoms with E-state index >= 15 is 0 Å². The molecule has 0 heterocycles. The molecule has 0 fully saturated rings. The minimum atomic E-state index is 0.0221. The van der Waals surface area contributed by atoms with Crippen LogP contribution < -0.4 is 0 Å². The van der Waals surface area contributed by atoms with Gasteiger partial charge in [-0.15, -0.1) is 0 Å². The lowest BCUT2D eigenvalue weighted by atomic mass is 9.96. The van der Waals surface area contributed by atoms with Gasteiger partial charge in [-0.1, -0.05) is 41.5 Å². The van der Waals surface area contributed by atoms with Gasteiger partial charge in [0.05, 0.1) is 5.39 Å². The van der Waals surface area contributed by atoms with Crippen LogP contribution in [0, 0.1) is 19.2 Å². The number of diazo groups is 1. The first-order chi connectivity index (χ1) is 9.11. The number of phenolic OH excluding ortho intramolecular Hbond substituents is 1. The maximum Gasteiger partial charge on any atom is 0.434 e. The monoisotopic (exact) mass is 249 g/mol. The molecule has 0 saturated carbocycles. The summed E-state index contributed by atoms with van der Waals surface area (Å²) in [4.78, 5) is 3.25. The maximum absolute atomic E-state index is 10.3. The van der Waals surface area contributed by atoms with Gasteiger partial charge in [-0.3, -0.25) is 0 Å². The van der Waals surface area contributed by atoms with E-state index in [1.807, 2.05) is 50.2 Å². The van der Waals surface area contributed by atoms with Gasteiger partial charge in [0.15, 0.2) is 4.98 Å². The van der Waals surface area contributed by atoms with Gasteiger partial charge in [0.2, 0.25) is 11.1 Å². The maximum atomic E-state index is 10.3. The molecule has 0 atom stereocenters. The lowest BCUT2D eigenvalue weighted by Gasteiger charge is -2.06. The quantitative estimate of drug-likeness (QED) is 0.459. The predicted octanol–water partition coefficient (Wildman–Crippen LogP) is 4.80. The largest absolute Gasteiger partial charge is 0.501 e. The van der Waals surface area contributed by atoms with Crippen LogP contribution in [0.4, 0.5) is 5.69 Å². The Hall–Kier alpha value is -2.60. The van der Waals surface area contributed by atoms with Gasteiger partial charge < -0.3 is 5.11 Å². The van der Waals surface area contributed by atoms with Gasteiger partial charge in [-0.25, -0.2) is 0 Å². The van der Waals surface area contributed by atoms with E-state index in [1.165, 1.54) is 0 Å². The number of aryl methyl sites for hydroxylation is 2. The molecule has 3 aromatic rings. The lowest BCUT2D eigenvalue weighted by Crippen LogP contribution is -1.83. The number of hydrogen-bond acceptors (Lipinski definition) is 2. The lowest BCUT2D eigenvalue weighted by molar-refractivity contribution is 0.485. The van der Waals surface area contributed by atoms with Crippen LogP contribution in [0.15, 0.2) is 36.4 Å². The Kier molecular flexibility index (Phi) is 2.39. The summed E-state index contributed by atoms with van der Waals surface area (Å²) in [5.41, 5.74) is 2.49. The number of rotatable bonds is 0. The molecule has 0 aliphatic rings. The van der Waals surface area contributed by atoms with Crippen LogP contribution in [0.2, 0.25) is 0 Å². The van der Waals surface area contributed by atoms with E-state index in [4.69, 9.17) is 5.39 Å². The molecule has 0 bridgehead atoms. The highest BCUT2D eigenvalue weighted by molar-refractivity contribution is 6.17. The number of aromatic hydroxyl groups is 1. The first-order valence-electron chi connectivity index (χ1n) is 6.12. The smallest absolute Gasteiger partial charge is 0.434 e. The third kappa shape index (κ3) is 1.61. The molecular formula is C16H13N2O+.